The first-order chi connectivity index (χ1) is 11.8. The molecule has 2 rings (SSSR count). The molecule has 2 amide bonds. The number of carbonyl (C=O) groups excluding carboxylic acids is 2. The second-order valence-electron chi connectivity index (χ2n) is 7.28. The van der Waals surface area contributed by atoms with E-state index in [1.165, 1.54) is 0 Å². The van der Waals surface area contributed by atoms with Gasteiger partial charge in [0, 0.05) is 30.1 Å². The van der Waals surface area contributed by atoms with Crippen LogP contribution in [0.25, 0.3) is 0 Å². The molecule has 0 atom stereocenters. The second kappa shape index (κ2) is 8.02. The van der Waals surface area contributed by atoms with Crippen LogP contribution >= 0.6 is 0 Å². The lowest BCUT2D eigenvalue weighted by Crippen LogP contribution is -2.45. The molecule has 134 valence electrons. The van der Waals surface area contributed by atoms with E-state index in [9.17, 15) is 9.59 Å². The maximum atomic E-state index is 12.4. The Morgan fingerprint density at radius 1 is 1.24 bits per heavy atom. The molecule has 1 aliphatic rings. The highest BCUT2D eigenvalue weighted by molar-refractivity contribution is 5.92. The van der Waals surface area contributed by atoms with Crippen LogP contribution in [0.3, 0.4) is 0 Å². The normalized spacial score (nSPS) is 15.4. The molecule has 1 N–H and O–H groups in total. The molecule has 0 spiro atoms. The van der Waals surface area contributed by atoms with Gasteiger partial charge in [-0.05, 0) is 37.1 Å². The van der Waals surface area contributed by atoms with Crippen LogP contribution in [0.4, 0.5) is 5.69 Å². The van der Waals surface area contributed by atoms with Crippen molar-refractivity contribution in [3.63, 3.8) is 0 Å². The molecule has 1 aromatic rings. The zero-order valence-corrected chi connectivity index (χ0v) is 15.0. The van der Waals surface area contributed by atoms with Crippen LogP contribution in [0.15, 0.2) is 24.3 Å². The third kappa shape index (κ3) is 5.21. The number of likely N-dealkylation sites (tertiary alicyclic amines) is 1. The first kappa shape index (κ1) is 18.8. The van der Waals surface area contributed by atoms with Crippen molar-refractivity contribution < 1.29 is 14.3 Å². The Labute approximate surface area is 148 Å². The number of hydrogen-bond donors (Lipinski definition) is 1. The zero-order valence-electron chi connectivity index (χ0n) is 15.0. The summed E-state index contributed by atoms with van der Waals surface area (Å²) in [5.41, 5.74) is 0.312. The summed E-state index contributed by atoms with van der Waals surface area (Å²) in [5.74, 6) is 0.625. The van der Waals surface area contributed by atoms with Gasteiger partial charge in [-0.25, -0.2) is 0 Å². The maximum absolute atomic E-state index is 12.4. The standard InChI is InChI=1S/C19H25N3O3/c1-19(2,3)18(24)22-11-8-14(9-12-22)17(23)21-15-4-6-16(7-5-15)25-13-10-20/h4-7,14H,8-9,11-13H2,1-3H3,(H,21,23). The van der Waals surface area contributed by atoms with E-state index >= 15 is 0 Å². The number of carbonyl (C=O) groups is 2. The van der Waals surface area contributed by atoms with E-state index < -0.39 is 0 Å². The molecule has 0 bridgehead atoms. The lowest BCUT2D eigenvalue weighted by molar-refractivity contribution is -0.142. The van der Waals surface area contributed by atoms with E-state index in [4.69, 9.17) is 10.00 Å². The first-order valence-electron chi connectivity index (χ1n) is 8.51. The van der Waals surface area contributed by atoms with Crippen LogP contribution in [0.2, 0.25) is 0 Å². The molecule has 0 saturated carbocycles. The lowest BCUT2D eigenvalue weighted by Gasteiger charge is -2.35. The Morgan fingerprint density at radius 3 is 2.36 bits per heavy atom. The summed E-state index contributed by atoms with van der Waals surface area (Å²) in [6.07, 6.45) is 1.36. The molecule has 1 saturated heterocycles. The number of hydrogen-bond acceptors (Lipinski definition) is 4. The average Bonchev–Trinajstić information content (AvgIpc) is 2.60. The molecule has 0 aromatic heterocycles. The first-order valence-corrected chi connectivity index (χ1v) is 8.51. The van der Waals surface area contributed by atoms with Gasteiger partial charge in [-0.15, -0.1) is 0 Å². The quantitative estimate of drug-likeness (QED) is 0.911. The third-order valence-electron chi connectivity index (χ3n) is 4.22. The van der Waals surface area contributed by atoms with Gasteiger partial charge in [-0.1, -0.05) is 20.8 Å². The SMILES string of the molecule is CC(C)(C)C(=O)N1CCC(C(=O)Nc2ccc(OCC#N)cc2)CC1. The van der Waals surface area contributed by atoms with Crippen LogP contribution in [0.5, 0.6) is 5.75 Å². The number of anilines is 1. The molecule has 1 fully saturated rings. The fraction of sp³-hybridized carbons (Fsp3) is 0.526. The topological polar surface area (TPSA) is 82.4 Å². The summed E-state index contributed by atoms with van der Waals surface area (Å²) in [5, 5.41) is 11.4. The Bertz CT molecular complexity index is 648. The Balaban J connectivity index is 1.84. The number of amides is 2. The molecule has 0 aliphatic carbocycles. The van der Waals surface area contributed by atoms with E-state index in [0.29, 0.717) is 37.4 Å². The number of piperidine rings is 1. The van der Waals surface area contributed by atoms with Crippen molar-refractivity contribution >= 4 is 17.5 Å². The Kier molecular flexibility index (Phi) is 6.02. The van der Waals surface area contributed by atoms with Gasteiger partial charge < -0.3 is 15.0 Å². The van der Waals surface area contributed by atoms with Crippen molar-refractivity contribution in [3.05, 3.63) is 24.3 Å². The fourth-order valence-corrected chi connectivity index (χ4v) is 2.81. The number of ether oxygens (including phenoxy) is 1. The van der Waals surface area contributed by atoms with Crippen molar-refractivity contribution in [2.24, 2.45) is 11.3 Å². The molecule has 0 unspecified atom stereocenters. The van der Waals surface area contributed by atoms with Gasteiger partial charge >= 0.3 is 0 Å². The average molecular weight is 343 g/mol. The van der Waals surface area contributed by atoms with Crippen LogP contribution in [0, 0.1) is 22.7 Å². The second-order valence-corrected chi connectivity index (χ2v) is 7.28. The van der Waals surface area contributed by atoms with Crippen molar-refractivity contribution in [2.75, 3.05) is 25.0 Å². The predicted molar refractivity (Wildman–Crippen MR) is 94.9 cm³/mol. The zero-order chi connectivity index (χ0) is 18.4. The predicted octanol–water partition coefficient (Wildman–Crippen LogP) is 2.81. The van der Waals surface area contributed by atoms with Crippen molar-refractivity contribution in [2.45, 2.75) is 33.6 Å². The summed E-state index contributed by atoms with van der Waals surface area (Å²) in [7, 11) is 0. The van der Waals surface area contributed by atoms with Crippen LogP contribution < -0.4 is 10.1 Å². The number of benzene rings is 1. The van der Waals surface area contributed by atoms with E-state index in [0.717, 1.165) is 0 Å². The van der Waals surface area contributed by atoms with Gasteiger partial charge in [-0.2, -0.15) is 5.26 Å². The summed E-state index contributed by atoms with van der Waals surface area (Å²) in [4.78, 5) is 26.5. The summed E-state index contributed by atoms with van der Waals surface area (Å²) in [6, 6.07) is 8.85. The monoisotopic (exact) mass is 343 g/mol. The number of rotatable bonds is 4. The van der Waals surface area contributed by atoms with Crippen molar-refractivity contribution in [3.8, 4) is 11.8 Å². The third-order valence-corrected chi connectivity index (χ3v) is 4.22. The van der Waals surface area contributed by atoms with Crippen LogP contribution in [-0.4, -0.2) is 36.4 Å². The summed E-state index contributed by atoms with van der Waals surface area (Å²) < 4.78 is 5.18. The van der Waals surface area contributed by atoms with Gasteiger partial charge in [0.25, 0.3) is 0 Å². The molecule has 6 heteroatoms. The lowest BCUT2D eigenvalue weighted by atomic mass is 9.90. The van der Waals surface area contributed by atoms with E-state index in [-0.39, 0.29) is 29.8 Å². The Morgan fingerprint density at radius 2 is 1.84 bits per heavy atom. The minimum atomic E-state index is -0.384. The van der Waals surface area contributed by atoms with Gasteiger partial charge in [-0.3, -0.25) is 9.59 Å². The van der Waals surface area contributed by atoms with Gasteiger partial charge in [0.15, 0.2) is 6.61 Å². The van der Waals surface area contributed by atoms with Gasteiger partial charge in [0.2, 0.25) is 11.8 Å². The highest BCUT2D eigenvalue weighted by atomic mass is 16.5. The van der Waals surface area contributed by atoms with Gasteiger partial charge in [0.1, 0.15) is 11.8 Å². The molecule has 1 heterocycles. The fourth-order valence-electron chi connectivity index (χ4n) is 2.81. The highest BCUT2D eigenvalue weighted by Gasteiger charge is 2.32. The largest absolute Gasteiger partial charge is 0.479 e. The smallest absolute Gasteiger partial charge is 0.227 e. The number of nitrogens with zero attached hydrogens (tertiary/aromatic N) is 2. The van der Waals surface area contributed by atoms with E-state index in [1.54, 1.807) is 24.3 Å². The number of nitriles is 1. The molecular weight excluding hydrogens is 318 g/mol. The van der Waals surface area contributed by atoms with Crippen molar-refractivity contribution in [1.29, 1.82) is 5.26 Å². The summed E-state index contributed by atoms with van der Waals surface area (Å²) in [6.45, 7) is 6.98. The highest BCUT2D eigenvalue weighted by Crippen LogP contribution is 2.25. The Hall–Kier alpha value is -2.55. The molecule has 25 heavy (non-hydrogen) atoms. The molecular formula is C19H25N3O3. The molecule has 1 aliphatic heterocycles. The maximum Gasteiger partial charge on any atom is 0.227 e. The van der Waals surface area contributed by atoms with Crippen LogP contribution in [-0.2, 0) is 9.59 Å². The number of nitrogens with one attached hydrogen (secondary N) is 1. The van der Waals surface area contributed by atoms with Crippen LogP contribution in [0.1, 0.15) is 33.6 Å². The molecule has 1 aromatic carbocycles. The molecule has 6 nitrogen and oxygen atoms in total. The molecule has 0 radical (unpaired) electrons. The minimum absolute atomic E-state index is 0.00241. The van der Waals surface area contributed by atoms with E-state index in [1.807, 2.05) is 31.7 Å². The van der Waals surface area contributed by atoms with Crippen molar-refractivity contribution in [1.82, 2.24) is 4.90 Å². The van der Waals surface area contributed by atoms with E-state index in [2.05, 4.69) is 5.32 Å². The summed E-state index contributed by atoms with van der Waals surface area (Å²) >= 11 is 0. The van der Waals surface area contributed by atoms with Gasteiger partial charge in [0.05, 0.1) is 0 Å². The minimum Gasteiger partial charge on any atom is -0.479 e.